The van der Waals surface area contributed by atoms with Crippen LogP contribution >= 0.6 is 35.1 Å². The lowest BCUT2D eigenvalue weighted by atomic mass is 10.2. The number of thioether (sulfide) groups is 1. The Kier molecular flexibility index (Phi) is 6.08. The highest BCUT2D eigenvalue weighted by Crippen LogP contribution is 2.40. The normalized spacial score (nSPS) is 11.9. The van der Waals surface area contributed by atoms with Gasteiger partial charge in [0, 0.05) is 25.2 Å². The van der Waals surface area contributed by atoms with Crippen LogP contribution in [0.15, 0.2) is 105 Å². The first kappa shape index (κ1) is 17.2. The molecule has 0 saturated carbocycles. The van der Waals surface area contributed by atoms with Gasteiger partial charge in [-0.2, -0.15) is 0 Å². The minimum atomic E-state index is 0.808. The van der Waals surface area contributed by atoms with Crippen molar-refractivity contribution in [1.29, 1.82) is 0 Å². The topological polar surface area (TPSA) is 0 Å². The van der Waals surface area contributed by atoms with Crippen molar-refractivity contribution in [2.24, 2.45) is 0 Å². The summed E-state index contributed by atoms with van der Waals surface area (Å²) in [6.45, 7) is 2.07. The van der Waals surface area contributed by atoms with E-state index in [-0.39, 0.29) is 0 Å². The summed E-state index contributed by atoms with van der Waals surface area (Å²) in [5.41, 5.74) is 1.08. The minimum absolute atomic E-state index is 0.808. The molecule has 0 fully saturated rings. The Hall–Kier alpha value is -1.61. The van der Waals surface area contributed by atoms with Gasteiger partial charge in [0.25, 0.3) is 0 Å². The number of rotatable bonds is 5. The Bertz CT molecular complexity index is 827. The van der Waals surface area contributed by atoms with Crippen LogP contribution in [-0.2, 0) is 0 Å². The molecule has 3 aromatic rings. The van der Waals surface area contributed by atoms with Crippen molar-refractivity contribution in [3.8, 4) is 0 Å². The van der Waals surface area contributed by atoms with Gasteiger partial charge >= 0.3 is 0 Å². The number of allylic oxidation sites excluding steroid dienone is 1. The second kappa shape index (κ2) is 8.48. The second-order valence-corrected chi connectivity index (χ2v) is 7.98. The van der Waals surface area contributed by atoms with Gasteiger partial charge in [0.05, 0.1) is 5.03 Å². The highest BCUT2D eigenvalue weighted by atomic mass is 35.5. The van der Waals surface area contributed by atoms with Gasteiger partial charge in [0.15, 0.2) is 0 Å². The van der Waals surface area contributed by atoms with Crippen molar-refractivity contribution in [1.82, 2.24) is 0 Å². The fraction of sp³-hybridized carbons (Fsp3) is 0.0476. The van der Waals surface area contributed by atoms with Crippen LogP contribution in [0.3, 0.4) is 0 Å². The molecule has 0 aromatic heterocycles. The molecule has 24 heavy (non-hydrogen) atoms. The van der Waals surface area contributed by atoms with E-state index >= 15 is 0 Å². The van der Waals surface area contributed by atoms with E-state index in [4.69, 9.17) is 11.6 Å². The highest BCUT2D eigenvalue weighted by molar-refractivity contribution is 8.03. The van der Waals surface area contributed by atoms with Crippen molar-refractivity contribution in [2.45, 2.75) is 21.6 Å². The van der Waals surface area contributed by atoms with Gasteiger partial charge < -0.3 is 0 Å². The lowest BCUT2D eigenvalue weighted by Gasteiger charge is -2.11. The quantitative estimate of drug-likeness (QED) is 0.426. The fourth-order valence-electron chi connectivity index (χ4n) is 2.25. The smallest absolute Gasteiger partial charge is 0.0585 e. The van der Waals surface area contributed by atoms with Crippen molar-refractivity contribution in [3.05, 3.63) is 95.4 Å². The van der Waals surface area contributed by atoms with E-state index in [1.807, 2.05) is 30.3 Å². The molecule has 3 rings (SSSR count). The summed E-state index contributed by atoms with van der Waals surface area (Å²) < 4.78 is 0. The monoisotopic (exact) mass is 368 g/mol. The summed E-state index contributed by atoms with van der Waals surface area (Å²) in [5, 5.41) is 0.808. The summed E-state index contributed by atoms with van der Waals surface area (Å²) in [6, 6.07) is 29.0. The molecule has 0 amide bonds. The number of halogens is 1. The van der Waals surface area contributed by atoms with E-state index in [0.717, 1.165) is 15.5 Å². The minimum Gasteiger partial charge on any atom is -0.0933 e. The molecule has 0 aliphatic heterocycles. The van der Waals surface area contributed by atoms with Crippen LogP contribution in [0.4, 0.5) is 0 Å². The van der Waals surface area contributed by atoms with E-state index in [9.17, 15) is 0 Å². The van der Waals surface area contributed by atoms with Crippen LogP contribution in [0.5, 0.6) is 0 Å². The largest absolute Gasteiger partial charge is 0.0933 e. The molecule has 3 heteroatoms. The summed E-state index contributed by atoms with van der Waals surface area (Å²) in [7, 11) is 0. The Morgan fingerprint density at radius 1 is 0.708 bits per heavy atom. The number of hydrogen-bond donors (Lipinski definition) is 0. The maximum absolute atomic E-state index is 6.72. The van der Waals surface area contributed by atoms with E-state index in [2.05, 4.69) is 61.5 Å². The van der Waals surface area contributed by atoms with Gasteiger partial charge in [0.2, 0.25) is 0 Å². The van der Waals surface area contributed by atoms with Gasteiger partial charge in [-0.1, -0.05) is 89.7 Å². The van der Waals surface area contributed by atoms with Crippen LogP contribution < -0.4 is 0 Å². The zero-order chi connectivity index (χ0) is 16.8. The number of benzene rings is 3. The predicted octanol–water partition coefficient (Wildman–Crippen LogP) is 7.56. The molecular formula is C21H17ClS2. The van der Waals surface area contributed by atoms with Crippen molar-refractivity contribution in [3.63, 3.8) is 0 Å². The molecule has 0 unspecified atom stereocenters. The Labute approximate surface area is 157 Å². The molecule has 0 spiro atoms. The third-order valence-corrected chi connectivity index (χ3v) is 6.12. The van der Waals surface area contributed by atoms with Crippen LogP contribution in [-0.4, -0.2) is 0 Å². The molecule has 0 bridgehead atoms. The first-order valence-corrected chi connectivity index (χ1v) is 9.67. The van der Waals surface area contributed by atoms with Crippen LogP contribution in [0.25, 0.3) is 5.03 Å². The lowest BCUT2D eigenvalue weighted by Crippen LogP contribution is -1.85. The molecular weight excluding hydrogens is 352 g/mol. The summed E-state index contributed by atoms with van der Waals surface area (Å²) in [4.78, 5) is 4.68. The Morgan fingerprint density at radius 2 is 1.25 bits per heavy atom. The maximum Gasteiger partial charge on any atom is 0.0585 e. The molecule has 0 aliphatic rings. The second-order valence-electron chi connectivity index (χ2n) is 5.20. The highest BCUT2D eigenvalue weighted by Gasteiger charge is 2.10. The van der Waals surface area contributed by atoms with E-state index in [1.165, 1.54) is 14.7 Å². The Morgan fingerprint density at radius 3 is 1.92 bits per heavy atom. The molecule has 3 aromatic carbocycles. The van der Waals surface area contributed by atoms with E-state index in [0.29, 0.717) is 0 Å². The van der Waals surface area contributed by atoms with Crippen LogP contribution in [0, 0.1) is 0 Å². The molecule has 0 N–H and O–H groups in total. The summed E-state index contributed by atoms with van der Waals surface area (Å²) in [5.74, 6) is 0. The van der Waals surface area contributed by atoms with Crippen LogP contribution in [0.2, 0.25) is 0 Å². The summed E-state index contributed by atoms with van der Waals surface area (Å²) in [6.07, 6.45) is 0. The fourth-order valence-corrected chi connectivity index (χ4v) is 4.41. The molecule has 0 saturated heterocycles. The van der Waals surface area contributed by atoms with Gasteiger partial charge in [-0.15, -0.1) is 0 Å². The van der Waals surface area contributed by atoms with E-state index in [1.54, 1.807) is 23.5 Å². The summed E-state index contributed by atoms with van der Waals surface area (Å²) >= 11 is 10.2. The Balaban J connectivity index is 1.89. The van der Waals surface area contributed by atoms with Crippen molar-refractivity contribution in [2.75, 3.05) is 0 Å². The molecule has 0 aliphatic carbocycles. The zero-order valence-corrected chi connectivity index (χ0v) is 15.7. The molecule has 0 radical (unpaired) electrons. The molecule has 0 nitrogen and oxygen atoms in total. The predicted molar refractivity (Wildman–Crippen MR) is 108 cm³/mol. The first-order chi connectivity index (χ1) is 11.7. The first-order valence-electron chi connectivity index (χ1n) is 7.65. The maximum atomic E-state index is 6.72. The van der Waals surface area contributed by atoms with Gasteiger partial charge in [0.1, 0.15) is 0 Å². The van der Waals surface area contributed by atoms with Gasteiger partial charge in [-0.25, -0.2) is 0 Å². The molecule has 0 atom stereocenters. The zero-order valence-electron chi connectivity index (χ0n) is 13.3. The van der Waals surface area contributed by atoms with Crippen molar-refractivity contribution >= 4 is 40.2 Å². The average molecular weight is 369 g/mol. The average Bonchev–Trinajstić information content (AvgIpc) is 2.63. The van der Waals surface area contributed by atoms with Crippen molar-refractivity contribution < 1.29 is 0 Å². The number of hydrogen-bond acceptors (Lipinski definition) is 2. The van der Waals surface area contributed by atoms with E-state index < -0.39 is 0 Å². The van der Waals surface area contributed by atoms with Crippen LogP contribution in [0.1, 0.15) is 12.5 Å². The third-order valence-electron chi connectivity index (χ3n) is 3.42. The standard InChI is InChI=1S/C21H17ClS2/c1-16(23-17-10-4-2-5-11-17)21(22)19-14-8-9-15-20(19)24-18-12-6-3-7-13-18/h2-15H,1H3/b21-16+. The lowest BCUT2D eigenvalue weighted by molar-refractivity contribution is 1.37. The van der Waals surface area contributed by atoms with Gasteiger partial charge in [-0.3, -0.25) is 0 Å². The SMILES string of the molecule is C/C(Sc1ccccc1)=C(\Cl)c1ccccc1Sc1ccccc1. The molecule has 0 heterocycles. The third kappa shape index (κ3) is 4.47. The molecule has 120 valence electrons. The van der Waals surface area contributed by atoms with Gasteiger partial charge in [-0.05, 0) is 37.3 Å².